The zero-order valence-electron chi connectivity index (χ0n) is 17.4. The summed E-state index contributed by atoms with van der Waals surface area (Å²) in [5.41, 5.74) is 8.37. The van der Waals surface area contributed by atoms with Gasteiger partial charge in [0.15, 0.2) is 5.82 Å². The highest BCUT2D eigenvalue weighted by Crippen LogP contribution is 2.32. The molecule has 0 saturated heterocycles. The van der Waals surface area contributed by atoms with Crippen LogP contribution in [0.2, 0.25) is 4.34 Å². The third-order valence-electron chi connectivity index (χ3n) is 5.06. The minimum Gasteiger partial charge on any atom is -0.392 e. The standard InChI is InChI=1S/C22H21ClN4O4S2/c23-18-8-10-20(32-18)33(30,31)26-22-21-16(13-28)5-2-6-17(21)27(25-22)12-15-4-1-3-14(11-15)7-9-19(24)29/h1-6,8,10-11,28H,7,9,12-13H2,(H2,24,29)(H,25,26). The number of hydrogen-bond acceptors (Lipinski definition) is 6. The number of halogens is 1. The van der Waals surface area contributed by atoms with Gasteiger partial charge in [0.1, 0.15) is 4.21 Å². The van der Waals surface area contributed by atoms with Gasteiger partial charge in [0.2, 0.25) is 5.91 Å². The first-order valence-corrected chi connectivity index (χ1v) is 12.7. The molecule has 0 saturated carbocycles. The molecule has 33 heavy (non-hydrogen) atoms. The second-order valence-corrected chi connectivity index (χ2v) is 11.1. The fourth-order valence-electron chi connectivity index (χ4n) is 3.57. The number of aromatic nitrogens is 2. The SMILES string of the molecule is NC(=O)CCc1cccc(Cn2nc(NS(=O)(=O)c3ccc(Cl)s3)c3c(CO)cccc32)c1. The first kappa shape index (κ1) is 23.2. The van der Waals surface area contributed by atoms with Crippen LogP contribution in [0.4, 0.5) is 5.82 Å². The van der Waals surface area contributed by atoms with E-state index in [1.165, 1.54) is 12.1 Å². The topological polar surface area (TPSA) is 127 Å². The molecule has 2 aromatic carbocycles. The quantitative estimate of drug-likeness (QED) is 0.321. The van der Waals surface area contributed by atoms with Gasteiger partial charge < -0.3 is 10.8 Å². The minimum atomic E-state index is -3.91. The van der Waals surface area contributed by atoms with Crippen molar-refractivity contribution < 1.29 is 18.3 Å². The summed E-state index contributed by atoms with van der Waals surface area (Å²) in [4.78, 5) is 11.1. The first-order chi connectivity index (χ1) is 15.8. The van der Waals surface area contributed by atoms with E-state index in [0.29, 0.717) is 33.8 Å². The fourth-order valence-corrected chi connectivity index (χ4v) is 6.06. The van der Waals surface area contributed by atoms with E-state index in [0.717, 1.165) is 22.5 Å². The number of rotatable bonds is 9. The van der Waals surface area contributed by atoms with Gasteiger partial charge in [0.05, 0.1) is 28.4 Å². The van der Waals surface area contributed by atoms with Gasteiger partial charge in [-0.2, -0.15) is 5.10 Å². The number of carbonyl (C=O) groups is 1. The number of amides is 1. The lowest BCUT2D eigenvalue weighted by molar-refractivity contribution is -0.117. The lowest BCUT2D eigenvalue weighted by Crippen LogP contribution is -2.13. The van der Waals surface area contributed by atoms with Gasteiger partial charge in [0.25, 0.3) is 10.0 Å². The van der Waals surface area contributed by atoms with E-state index in [1.54, 1.807) is 16.8 Å². The second-order valence-electron chi connectivity index (χ2n) is 7.43. The number of carbonyl (C=O) groups excluding carboxylic acids is 1. The molecule has 4 N–H and O–H groups in total. The minimum absolute atomic E-state index is 0.0684. The Hall–Kier alpha value is -2.92. The van der Waals surface area contributed by atoms with E-state index >= 15 is 0 Å². The van der Waals surface area contributed by atoms with E-state index < -0.39 is 10.0 Å². The number of hydrogen-bond donors (Lipinski definition) is 3. The van der Waals surface area contributed by atoms with Crippen molar-refractivity contribution in [1.82, 2.24) is 9.78 Å². The third kappa shape index (κ3) is 5.19. The van der Waals surface area contributed by atoms with Crippen molar-refractivity contribution in [3.8, 4) is 0 Å². The number of fused-ring (bicyclic) bond motifs is 1. The molecular formula is C22H21ClN4O4S2. The van der Waals surface area contributed by atoms with Crippen LogP contribution in [0.15, 0.2) is 58.8 Å². The molecule has 0 spiro atoms. The van der Waals surface area contributed by atoms with E-state index in [2.05, 4.69) is 9.82 Å². The van der Waals surface area contributed by atoms with Crippen LogP contribution in [0.3, 0.4) is 0 Å². The molecule has 0 aliphatic rings. The van der Waals surface area contributed by atoms with Crippen LogP contribution in [0.25, 0.3) is 10.9 Å². The molecule has 2 aromatic heterocycles. The van der Waals surface area contributed by atoms with Crippen LogP contribution >= 0.6 is 22.9 Å². The van der Waals surface area contributed by atoms with Crippen molar-refractivity contribution >= 4 is 55.6 Å². The first-order valence-electron chi connectivity index (χ1n) is 10.0. The van der Waals surface area contributed by atoms with Crippen LogP contribution in [0.5, 0.6) is 0 Å². The van der Waals surface area contributed by atoms with Crippen molar-refractivity contribution in [2.24, 2.45) is 5.73 Å². The van der Waals surface area contributed by atoms with Crippen molar-refractivity contribution in [3.63, 3.8) is 0 Å². The molecule has 4 aromatic rings. The molecule has 0 unspecified atom stereocenters. The number of benzene rings is 2. The number of nitrogens with two attached hydrogens (primary N) is 1. The lowest BCUT2D eigenvalue weighted by atomic mass is 10.1. The molecule has 4 rings (SSSR count). The van der Waals surface area contributed by atoms with Crippen molar-refractivity contribution in [1.29, 1.82) is 0 Å². The number of aliphatic hydroxyl groups is 1. The summed E-state index contributed by atoms with van der Waals surface area (Å²) in [5, 5.41) is 14.9. The molecule has 0 atom stereocenters. The average molecular weight is 505 g/mol. The molecule has 172 valence electrons. The van der Waals surface area contributed by atoms with E-state index in [9.17, 15) is 18.3 Å². The molecule has 11 heteroatoms. The summed E-state index contributed by atoms with van der Waals surface area (Å²) in [6.07, 6.45) is 0.790. The van der Waals surface area contributed by atoms with Gasteiger partial charge in [-0.3, -0.25) is 14.2 Å². The molecule has 0 aliphatic heterocycles. The molecule has 2 heterocycles. The van der Waals surface area contributed by atoms with Crippen LogP contribution in [0, 0.1) is 0 Å². The Kier molecular flexibility index (Phi) is 6.71. The van der Waals surface area contributed by atoms with Crippen LogP contribution in [-0.2, 0) is 34.4 Å². The maximum absolute atomic E-state index is 12.9. The average Bonchev–Trinajstić information content (AvgIpc) is 3.37. The maximum Gasteiger partial charge on any atom is 0.272 e. The largest absolute Gasteiger partial charge is 0.392 e. The molecule has 1 amide bonds. The fraction of sp³-hybridized carbons (Fsp3) is 0.182. The number of primary amides is 1. The molecule has 0 bridgehead atoms. The number of nitrogens with zero attached hydrogens (tertiary/aromatic N) is 2. The van der Waals surface area contributed by atoms with Crippen LogP contribution in [-0.4, -0.2) is 29.2 Å². The lowest BCUT2D eigenvalue weighted by Gasteiger charge is -2.07. The van der Waals surface area contributed by atoms with E-state index in [-0.39, 0.29) is 29.0 Å². The summed E-state index contributed by atoms with van der Waals surface area (Å²) in [5.74, 6) is -0.233. The Morgan fingerprint density at radius 1 is 1.15 bits per heavy atom. The van der Waals surface area contributed by atoms with Gasteiger partial charge in [0, 0.05) is 6.42 Å². The van der Waals surface area contributed by atoms with Crippen molar-refractivity contribution in [2.45, 2.75) is 30.2 Å². The van der Waals surface area contributed by atoms with Crippen molar-refractivity contribution in [3.05, 3.63) is 75.6 Å². The van der Waals surface area contributed by atoms with Crippen molar-refractivity contribution in [2.75, 3.05) is 4.72 Å². The predicted octanol–water partition coefficient (Wildman–Crippen LogP) is 3.51. The Labute approximate surface area is 199 Å². The number of aliphatic hydroxyl groups excluding tert-OH is 1. The van der Waals surface area contributed by atoms with Gasteiger partial charge in [-0.25, -0.2) is 8.42 Å². The third-order valence-corrected chi connectivity index (χ3v) is 8.12. The summed E-state index contributed by atoms with van der Waals surface area (Å²) >= 11 is 6.85. The van der Waals surface area contributed by atoms with Gasteiger partial charge in [-0.15, -0.1) is 11.3 Å². The molecule has 0 fully saturated rings. The zero-order valence-corrected chi connectivity index (χ0v) is 19.8. The van der Waals surface area contributed by atoms with Crippen LogP contribution < -0.4 is 10.5 Å². The zero-order chi connectivity index (χ0) is 23.6. The number of nitrogens with one attached hydrogen (secondary N) is 1. The normalized spacial score (nSPS) is 11.7. The summed E-state index contributed by atoms with van der Waals surface area (Å²) < 4.78 is 30.4. The van der Waals surface area contributed by atoms with E-state index in [4.69, 9.17) is 17.3 Å². The van der Waals surface area contributed by atoms with E-state index in [1.807, 2.05) is 30.3 Å². The summed E-state index contributed by atoms with van der Waals surface area (Å²) in [6, 6.07) is 16.0. The van der Waals surface area contributed by atoms with Gasteiger partial charge in [-0.1, -0.05) is 48.0 Å². The Morgan fingerprint density at radius 2 is 1.91 bits per heavy atom. The molecule has 8 nitrogen and oxygen atoms in total. The summed E-state index contributed by atoms with van der Waals surface area (Å²) in [7, 11) is -3.91. The molecule has 0 radical (unpaired) electrons. The number of sulfonamides is 1. The predicted molar refractivity (Wildman–Crippen MR) is 129 cm³/mol. The number of thiophene rings is 1. The molecule has 0 aliphatic carbocycles. The monoisotopic (exact) mass is 504 g/mol. The van der Waals surface area contributed by atoms with Gasteiger partial charge >= 0.3 is 0 Å². The number of anilines is 1. The number of aryl methyl sites for hydroxylation is 1. The smallest absolute Gasteiger partial charge is 0.272 e. The van der Waals surface area contributed by atoms with Gasteiger partial charge in [-0.05, 0) is 41.3 Å². The Balaban J connectivity index is 1.72. The molecular weight excluding hydrogens is 484 g/mol. The summed E-state index contributed by atoms with van der Waals surface area (Å²) in [6.45, 7) is 0.0908. The van der Waals surface area contributed by atoms with Crippen LogP contribution in [0.1, 0.15) is 23.1 Å². The highest BCUT2D eigenvalue weighted by atomic mass is 35.5. The highest BCUT2D eigenvalue weighted by Gasteiger charge is 2.22. The Morgan fingerprint density at radius 3 is 2.61 bits per heavy atom. The maximum atomic E-state index is 12.9. The highest BCUT2D eigenvalue weighted by molar-refractivity contribution is 7.94. The Bertz CT molecular complexity index is 1430. The second kappa shape index (κ2) is 9.52.